The number of sulfonamides is 1. The molecule has 154 valence electrons. The van der Waals surface area contributed by atoms with Crippen molar-refractivity contribution in [2.45, 2.75) is 20.4 Å². The number of carbonyl (C=O) groups is 2. The molecule has 1 heterocycles. The monoisotopic (exact) mass is 416 g/mol. The predicted octanol–water partition coefficient (Wildman–Crippen LogP) is 2.61. The summed E-state index contributed by atoms with van der Waals surface area (Å²) >= 11 is 0. The maximum atomic E-state index is 12.3. The molecule has 29 heavy (non-hydrogen) atoms. The van der Waals surface area contributed by atoms with E-state index in [0.29, 0.717) is 17.7 Å². The second-order valence-electron chi connectivity index (χ2n) is 6.35. The molecular weight excluding hydrogens is 392 g/mol. The SMILES string of the molecule is C=CCn1c(C)cc(C(=O)COC(=O)CNS(=O)(=O)/C=C/c2ccccc2)c1C. The number of rotatable bonds is 10. The summed E-state index contributed by atoms with van der Waals surface area (Å²) in [5, 5.41) is 0.967. The van der Waals surface area contributed by atoms with E-state index in [1.54, 1.807) is 43.3 Å². The molecule has 1 N–H and O–H groups in total. The van der Waals surface area contributed by atoms with Crippen molar-refractivity contribution in [1.82, 2.24) is 9.29 Å². The second kappa shape index (κ2) is 9.99. The van der Waals surface area contributed by atoms with Crippen LogP contribution in [0.3, 0.4) is 0 Å². The molecule has 0 aliphatic rings. The maximum absolute atomic E-state index is 12.3. The smallest absolute Gasteiger partial charge is 0.321 e. The summed E-state index contributed by atoms with van der Waals surface area (Å²) in [5.74, 6) is -1.19. The van der Waals surface area contributed by atoms with Gasteiger partial charge in [-0.05, 0) is 31.6 Å². The zero-order valence-corrected chi connectivity index (χ0v) is 17.2. The predicted molar refractivity (Wildman–Crippen MR) is 112 cm³/mol. The number of esters is 1. The molecule has 0 bridgehead atoms. The minimum absolute atomic E-state index is 0.353. The number of aromatic nitrogens is 1. The van der Waals surface area contributed by atoms with E-state index in [4.69, 9.17) is 4.74 Å². The van der Waals surface area contributed by atoms with E-state index in [9.17, 15) is 18.0 Å². The lowest BCUT2D eigenvalue weighted by Crippen LogP contribution is -2.30. The van der Waals surface area contributed by atoms with Crippen LogP contribution in [0.25, 0.3) is 6.08 Å². The van der Waals surface area contributed by atoms with Gasteiger partial charge in [0.1, 0.15) is 6.54 Å². The number of hydrogen-bond donors (Lipinski definition) is 1. The summed E-state index contributed by atoms with van der Waals surface area (Å²) in [4.78, 5) is 24.1. The Morgan fingerprint density at radius 3 is 2.55 bits per heavy atom. The molecule has 0 aliphatic heterocycles. The Balaban J connectivity index is 1.86. The van der Waals surface area contributed by atoms with Gasteiger partial charge in [0.25, 0.3) is 0 Å². The Hall–Kier alpha value is -2.97. The van der Waals surface area contributed by atoms with Gasteiger partial charge in [0, 0.05) is 28.9 Å². The van der Waals surface area contributed by atoms with Crippen LogP contribution in [0.5, 0.6) is 0 Å². The van der Waals surface area contributed by atoms with Gasteiger partial charge in [0.2, 0.25) is 15.8 Å². The Bertz CT molecular complexity index is 1020. The molecule has 0 spiro atoms. The fraction of sp³-hybridized carbons (Fsp3) is 0.238. The van der Waals surface area contributed by atoms with E-state index in [1.165, 1.54) is 6.08 Å². The summed E-state index contributed by atoms with van der Waals surface area (Å²) in [6.07, 6.45) is 3.14. The fourth-order valence-electron chi connectivity index (χ4n) is 2.71. The Morgan fingerprint density at radius 1 is 1.21 bits per heavy atom. The molecule has 0 atom stereocenters. The number of ether oxygens (including phenoxy) is 1. The van der Waals surface area contributed by atoms with Gasteiger partial charge in [0.15, 0.2) is 6.61 Å². The van der Waals surface area contributed by atoms with Crippen LogP contribution in [0.2, 0.25) is 0 Å². The molecular formula is C21H24N2O5S. The lowest BCUT2D eigenvalue weighted by Gasteiger charge is -2.07. The van der Waals surface area contributed by atoms with Crippen LogP contribution in [0.4, 0.5) is 0 Å². The number of Topliss-reactive ketones (excluding diaryl/α,β-unsaturated/α-hetero) is 1. The maximum Gasteiger partial charge on any atom is 0.321 e. The molecule has 7 nitrogen and oxygen atoms in total. The minimum atomic E-state index is -3.81. The van der Waals surface area contributed by atoms with E-state index in [0.717, 1.165) is 16.8 Å². The summed E-state index contributed by atoms with van der Waals surface area (Å²) in [6.45, 7) is 6.91. The van der Waals surface area contributed by atoms with Crippen molar-refractivity contribution in [3.05, 3.63) is 77.0 Å². The molecule has 8 heteroatoms. The van der Waals surface area contributed by atoms with Gasteiger partial charge in [-0.2, -0.15) is 0 Å². The standard InChI is InChI=1S/C21H24N2O5S/c1-4-11-23-16(2)13-19(17(23)3)20(24)15-28-21(25)14-22-29(26,27)12-10-18-8-6-5-7-9-18/h4-10,12-13,22H,1,11,14-15H2,2-3H3/b12-10+. The lowest BCUT2D eigenvalue weighted by molar-refractivity contribution is -0.141. The van der Waals surface area contributed by atoms with Crippen molar-refractivity contribution < 1.29 is 22.7 Å². The zero-order chi connectivity index (χ0) is 21.4. The summed E-state index contributed by atoms with van der Waals surface area (Å²) in [5.41, 5.74) is 2.83. The molecule has 2 rings (SSSR count). The normalized spacial score (nSPS) is 11.5. The summed E-state index contributed by atoms with van der Waals surface area (Å²) in [7, 11) is -3.81. The Kier molecular flexibility index (Phi) is 7.69. The van der Waals surface area contributed by atoms with Gasteiger partial charge in [-0.1, -0.05) is 36.4 Å². The van der Waals surface area contributed by atoms with E-state index < -0.39 is 29.1 Å². The van der Waals surface area contributed by atoms with Crippen molar-refractivity contribution >= 4 is 27.9 Å². The molecule has 2 aromatic rings. The van der Waals surface area contributed by atoms with E-state index in [-0.39, 0.29) is 5.78 Å². The first kappa shape index (κ1) is 22.3. The number of hydrogen-bond acceptors (Lipinski definition) is 5. The lowest BCUT2D eigenvalue weighted by atomic mass is 10.1. The topological polar surface area (TPSA) is 94.5 Å². The second-order valence-corrected chi connectivity index (χ2v) is 8.00. The van der Waals surface area contributed by atoms with Crippen molar-refractivity contribution in [3.8, 4) is 0 Å². The van der Waals surface area contributed by atoms with Gasteiger partial charge in [-0.25, -0.2) is 13.1 Å². The molecule has 0 aliphatic carbocycles. The van der Waals surface area contributed by atoms with Crippen LogP contribution in [0.1, 0.15) is 27.3 Å². The molecule has 0 saturated heterocycles. The van der Waals surface area contributed by atoms with Crippen molar-refractivity contribution in [3.63, 3.8) is 0 Å². The Labute approximate surface area is 170 Å². The van der Waals surface area contributed by atoms with Crippen LogP contribution in [0, 0.1) is 13.8 Å². The van der Waals surface area contributed by atoms with Crippen molar-refractivity contribution in [1.29, 1.82) is 0 Å². The molecule has 0 saturated carbocycles. The van der Waals surface area contributed by atoms with Crippen molar-refractivity contribution in [2.24, 2.45) is 0 Å². The highest BCUT2D eigenvalue weighted by atomic mass is 32.2. The first-order valence-corrected chi connectivity index (χ1v) is 10.5. The third kappa shape index (κ3) is 6.55. The zero-order valence-electron chi connectivity index (χ0n) is 16.4. The third-order valence-electron chi connectivity index (χ3n) is 4.21. The van der Waals surface area contributed by atoms with E-state index >= 15 is 0 Å². The Morgan fingerprint density at radius 2 is 1.90 bits per heavy atom. The van der Waals surface area contributed by atoms with Gasteiger partial charge >= 0.3 is 5.97 Å². The highest BCUT2D eigenvalue weighted by molar-refractivity contribution is 7.92. The highest BCUT2D eigenvalue weighted by Gasteiger charge is 2.17. The third-order valence-corrected chi connectivity index (χ3v) is 5.25. The van der Waals surface area contributed by atoms with Gasteiger partial charge in [0.05, 0.1) is 0 Å². The molecule has 1 aromatic carbocycles. The molecule has 0 unspecified atom stereocenters. The number of nitrogens with one attached hydrogen (secondary N) is 1. The number of aryl methyl sites for hydroxylation is 1. The van der Waals surface area contributed by atoms with Crippen molar-refractivity contribution in [2.75, 3.05) is 13.2 Å². The van der Waals surface area contributed by atoms with Gasteiger partial charge in [-0.15, -0.1) is 6.58 Å². The average Bonchev–Trinajstić information content (AvgIpc) is 2.98. The fourth-order valence-corrected chi connectivity index (χ4v) is 3.46. The average molecular weight is 416 g/mol. The van der Waals surface area contributed by atoms with Crippen LogP contribution >= 0.6 is 0 Å². The van der Waals surface area contributed by atoms with Crippen LogP contribution in [0.15, 0.2) is 54.5 Å². The van der Waals surface area contributed by atoms with Crippen LogP contribution in [-0.4, -0.2) is 37.9 Å². The number of nitrogens with zero attached hydrogens (tertiary/aromatic N) is 1. The molecule has 0 amide bonds. The quantitative estimate of drug-likeness (QED) is 0.365. The molecule has 0 radical (unpaired) electrons. The van der Waals surface area contributed by atoms with E-state index in [1.807, 2.05) is 17.6 Å². The number of carbonyl (C=O) groups excluding carboxylic acids is 2. The van der Waals surface area contributed by atoms with Gasteiger partial charge in [-0.3, -0.25) is 9.59 Å². The largest absolute Gasteiger partial charge is 0.456 e. The van der Waals surface area contributed by atoms with Gasteiger partial charge < -0.3 is 9.30 Å². The number of allylic oxidation sites excluding steroid dienone is 1. The summed E-state index contributed by atoms with van der Waals surface area (Å²) in [6, 6.07) is 10.6. The van der Waals surface area contributed by atoms with Crippen LogP contribution < -0.4 is 4.72 Å². The molecule has 0 fully saturated rings. The first-order chi connectivity index (χ1) is 13.7. The number of ketones is 1. The molecule has 1 aromatic heterocycles. The minimum Gasteiger partial charge on any atom is -0.456 e. The highest BCUT2D eigenvalue weighted by Crippen LogP contribution is 2.16. The van der Waals surface area contributed by atoms with Crippen LogP contribution in [-0.2, 0) is 26.1 Å². The first-order valence-electron chi connectivity index (χ1n) is 8.92. The number of benzene rings is 1. The summed E-state index contributed by atoms with van der Waals surface area (Å²) < 4.78 is 32.8. The van der Waals surface area contributed by atoms with E-state index in [2.05, 4.69) is 11.3 Å².